The van der Waals surface area contributed by atoms with Crippen molar-refractivity contribution in [3.63, 3.8) is 0 Å². The van der Waals surface area contributed by atoms with Gasteiger partial charge in [-0.3, -0.25) is 14.5 Å². The highest BCUT2D eigenvalue weighted by Crippen LogP contribution is 2.05. The van der Waals surface area contributed by atoms with Gasteiger partial charge >= 0.3 is 5.97 Å². The van der Waals surface area contributed by atoms with Gasteiger partial charge in [0.05, 0.1) is 32.3 Å². The summed E-state index contributed by atoms with van der Waals surface area (Å²) in [6.07, 6.45) is 0.416. The fourth-order valence-electron chi connectivity index (χ4n) is 1.97. The summed E-state index contributed by atoms with van der Waals surface area (Å²) >= 11 is 0. The van der Waals surface area contributed by atoms with E-state index in [1.54, 1.807) is 6.92 Å². The minimum atomic E-state index is -0.221. The van der Waals surface area contributed by atoms with E-state index in [0.717, 1.165) is 0 Å². The van der Waals surface area contributed by atoms with Crippen molar-refractivity contribution in [3.8, 4) is 0 Å². The Labute approximate surface area is 114 Å². The van der Waals surface area contributed by atoms with Crippen molar-refractivity contribution >= 4 is 11.9 Å². The van der Waals surface area contributed by atoms with Crippen LogP contribution < -0.4 is 0 Å². The van der Waals surface area contributed by atoms with Crippen LogP contribution in [0.25, 0.3) is 0 Å². The van der Waals surface area contributed by atoms with Gasteiger partial charge in [-0.05, 0) is 20.9 Å². The third-order valence-electron chi connectivity index (χ3n) is 3.00. The van der Waals surface area contributed by atoms with Crippen LogP contribution in [0.1, 0.15) is 20.3 Å². The maximum atomic E-state index is 12.0. The smallest absolute Gasteiger partial charge is 0.307 e. The summed E-state index contributed by atoms with van der Waals surface area (Å²) in [7, 11) is 1.83. The molecular weight excluding hydrogens is 248 g/mol. The Morgan fingerprint density at radius 3 is 2.84 bits per heavy atom. The van der Waals surface area contributed by atoms with Gasteiger partial charge in [0.15, 0.2) is 0 Å². The maximum absolute atomic E-state index is 12.0. The zero-order valence-corrected chi connectivity index (χ0v) is 12.1. The molecule has 1 rings (SSSR count). The van der Waals surface area contributed by atoms with Crippen molar-refractivity contribution < 1.29 is 19.1 Å². The lowest BCUT2D eigenvalue weighted by Gasteiger charge is -2.32. The summed E-state index contributed by atoms with van der Waals surface area (Å²) in [5.74, 6) is -0.136. The average molecular weight is 272 g/mol. The zero-order valence-electron chi connectivity index (χ0n) is 12.1. The lowest BCUT2D eigenvalue weighted by Crippen LogP contribution is -2.48. The summed E-state index contributed by atoms with van der Waals surface area (Å²) < 4.78 is 10.3. The number of rotatable bonds is 6. The van der Waals surface area contributed by atoms with E-state index >= 15 is 0 Å². The number of amides is 1. The van der Waals surface area contributed by atoms with E-state index in [1.807, 2.05) is 23.8 Å². The Kier molecular flexibility index (Phi) is 6.80. The quantitative estimate of drug-likeness (QED) is 0.643. The molecule has 0 bridgehead atoms. The van der Waals surface area contributed by atoms with Crippen LogP contribution in [-0.2, 0) is 19.1 Å². The van der Waals surface area contributed by atoms with E-state index in [9.17, 15) is 9.59 Å². The number of morpholine rings is 1. The first kappa shape index (κ1) is 15.9. The summed E-state index contributed by atoms with van der Waals surface area (Å²) in [5.41, 5.74) is 0. The largest absolute Gasteiger partial charge is 0.466 e. The first-order chi connectivity index (χ1) is 9.02. The van der Waals surface area contributed by atoms with Gasteiger partial charge in [0.2, 0.25) is 5.91 Å². The van der Waals surface area contributed by atoms with E-state index in [4.69, 9.17) is 9.47 Å². The van der Waals surface area contributed by atoms with Gasteiger partial charge in [0, 0.05) is 19.6 Å². The molecule has 0 saturated carbocycles. The molecule has 1 aliphatic rings. The summed E-state index contributed by atoms with van der Waals surface area (Å²) in [4.78, 5) is 26.9. The predicted octanol–water partition coefficient (Wildman–Crippen LogP) is 0.119. The Morgan fingerprint density at radius 2 is 2.21 bits per heavy atom. The number of likely N-dealkylation sites (N-methyl/N-ethyl adjacent to an activating group) is 1. The Balaban J connectivity index is 2.25. The normalized spacial score (nSPS) is 19.6. The molecule has 1 amide bonds. The highest BCUT2D eigenvalue weighted by molar-refractivity contribution is 5.78. The van der Waals surface area contributed by atoms with Gasteiger partial charge in [0.1, 0.15) is 0 Å². The second-order valence-electron chi connectivity index (χ2n) is 4.81. The molecule has 110 valence electrons. The van der Waals surface area contributed by atoms with Crippen LogP contribution in [0.2, 0.25) is 0 Å². The van der Waals surface area contributed by atoms with Crippen molar-refractivity contribution in [1.82, 2.24) is 9.80 Å². The van der Waals surface area contributed by atoms with Crippen molar-refractivity contribution in [2.45, 2.75) is 26.4 Å². The highest BCUT2D eigenvalue weighted by atomic mass is 16.5. The van der Waals surface area contributed by atoms with Crippen LogP contribution in [0.5, 0.6) is 0 Å². The molecule has 1 atom stereocenters. The lowest BCUT2D eigenvalue weighted by atomic mass is 10.3. The number of carbonyl (C=O) groups excluding carboxylic acids is 2. The van der Waals surface area contributed by atoms with Crippen LogP contribution in [0, 0.1) is 0 Å². The van der Waals surface area contributed by atoms with E-state index in [1.165, 1.54) is 0 Å². The number of carbonyl (C=O) groups is 2. The molecular formula is C13H24N2O4. The molecule has 1 saturated heterocycles. The van der Waals surface area contributed by atoms with Gasteiger partial charge in [-0.25, -0.2) is 0 Å². The van der Waals surface area contributed by atoms with Gasteiger partial charge in [-0.1, -0.05) is 0 Å². The van der Waals surface area contributed by atoms with Crippen LogP contribution in [0.3, 0.4) is 0 Å². The third kappa shape index (κ3) is 6.02. The number of nitrogens with zero attached hydrogens (tertiary/aromatic N) is 2. The monoisotopic (exact) mass is 272 g/mol. The molecule has 0 aromatic carbocycles. The van der Waals surface area contributed by atoms with E-state index in [0.29, 0.717) is 45.8 Å². The van der Waals surface area contributed by atoms with Crippen LogP contribution >= 0.6 is 0 Å². The summed E-state index contributed by atoms with van der Waals surface area (Å²) in [6.45, 7) is 6.89. The SMILES string of the molecule is CCOC(=O)CCN(C)CC(=O)N1CCOC(C)C1. The van der Waals surface area contributed by atoms with Crippen LogP contribution in [0.15, 0.2) is 0 Å². The van der Waals surface area contributed by atoms with Crippen molar-refractivity contribution in [3.05, 3.63) is 0 Å². The summed E-state index contributed by atoms with van der Waals surface area (Å²) in [5, 5.41) is 0. The fourth-order valence-corrected chi connectivity index (χ4v) is 1.97. The molecule has 1 fully saturated rings. The molecule has 6 nitrogen and oxygen atoms in total. The molecule has 0 aromatic rings. The molecule has 0 N–H and O–H groups in total. The first-order valence-electron chi connectivity index (χ1n) is 6.76. The van der Waals surface area contributed by atoms with Crippen molar-refractivity contribution in [2.75, 3.05) is 46.4 Å². The molecule has 1 heterocycles. The molecule has 1 unspecified atom stereocenters. The number of ether oxygens (including phenoxy) is 2. The van der Waals surface area contributed by atoms with Gasteiger partial charge in [-0.15, -0.1) is 0 Å². The standard InChI is InChI=1S/C13H24N2O4/c1-4-18-13(17)5-6-14(3)10-12(16)15-7-8-19-11(2)9-15/h11H,4-10H2,1-3H3. The molecule has 6 heteroatoms. The lowest BCUT2D eigenvalue weighted by molar-refractivity contribution is -0.144. The second kappa shape index (κ2) is 8.12. The Morgan fingerprint density at radius 1 is 1.47 bits per heavy atom. The maximum Gasteiger partial charge on any atom is 0.307 e. The van der Waals surface area contributed by atoms with E-state index < -0.39 is 0 Å². The Bertz CT molecular complexity index is 309. The minimum absolute atomic E-state index is 0.0847. The zero-order chi connectivity index (χ0) is 14.3. The number of esters is 1. The molecule has 0 spiro atoms. The minimum Gasteiger partial charge on any atom is -0.466 e. The number of hydrogen-bond donors (Lipinski definition) is 0. The van der Waals surface area contributed by atoms with Crippen LogP contribution in [-0.4, -0.2) is 74.2 Å². The van der Waals surface area contributed by atoms with Crippen molar-refractivity contribution in [2.24, 2.45) is 0 Å². The predicted molar refractivity (Wildman–Crippen MR) is 70.7 cm³/mol. The van der Waals surface area contributed by atoms with E-state index in [-0.39, 0.29) is 18.0 Å². The van der Waals surface area contributed by atoms with Gasteiger partial charge < -0.3 is 14.4 Å². The molecule has 0 radical (unpaired) electrons. The second-order valence-corrected chi connectivity index (χ2v) is 4.81. The molecule has 19 heavy (non-hydrogen) atoms. The topological polar surface area (TPSA) is 59.1 Å². The third-order valence-corrected chi connectivity index (χ3v) is 3.00. The average Bonchev–Trinajstić information content (AvgIpc) is 2.36. The molecule has 1 aliphatic heterocycles. The highest BCUT2D eigenvalue weighted by Gasteiger charge is 2.22. The van der Waals surface area contributed by atoms with Crippen molar-refractivity contribution in [1.29, 1.82) is 0 Å². The molecule has 0 aliphatic carbocycles. The fraction of sp³-hybridized carbons (Fsp3) is 0.846. The van der Waals surface area contributed by atoms with Crippen LogP contribution in [0.4, 0.5) is 0 Å². The summed E-state index contributed by atoms with van der Waals surface area (Å²) in [6, 6.07) is 0. The van der Waals surface area contributed by atoms with Gasteiger partial charge in [-0.2, -0.15) is 0 Å². The molecule has 0 aromatic heterocycles. The van der Waals surface area contributed by atoms with Gasteiger partial charge in [0.25, 0.3) is 0 Å². The first-order valence-corrected chi connectivity index (χ1v) is 6.76. The number of hydrogen-bond acceptors (Lipinski definition) is 5. The van der Waals surface area contributed by atoms with E-state index in [2.05, 4.69) is 0 Å². The Hall–Kier alpha value is -1.14.